The van der Waals surface area contributed by atoms with E-state index < -0.39 is 0 Å². The molecule has 0 unspecified atom stereocenters. The third kappa shape index (κ3) is 5.74. The largest absolute Gasteiger partial charge is 0.497 e. The highest BCUT2D eigenvalue weighted by atomic mass is 16.5. The van der Waals surface area contributed by atoms with Crippen LogP contribution in [-0.2, 0) is 11.3 Å². The van der Waals surface area contributed by atoms with Crippen LogP contribution in [0.2, 0.25) is 0 Å². The molecule has 0 bridgehead atoms. The molecule has 32 heavy (non-hydrogen) atoms. The minimum atomic E-state index is 0.0529. The second kappa shape index (κ2) is 10.3. The molecule has 0 N–H and O–H groups in total. The van der Waals surface area contributed by atoms with Gasteiger partial charge in [0.15, 0.2) is 0 Å². The first-order valence-corrected chi connectivity index (χ1v) is 11.5. The molecule has 0 radical (unpaired) electrons. The topological polar surface area (TPSA) is 51.2 Å². The monoisotopic (exact) mass is 438 g/mol. The van der Waals surface area contributed by atoms with E-state index >= 15 is 0 Å². The summed E-state index contributed by atoms with van der Waals surface area (Å²) < 4.78 is 17.4. The van der Waals surface area contributed by atoms with Gasteiger partial charge in [-0.3, -0.25) is 9.69 Å². The summed E-state index contributed by atoms with van der Waals surface area (Å²) in [5, 5.41) is 0. The predicted molar refractivity (Wildman–Crippen MR) is 124 cm³/mol. The SMILES string of the molecule is COc1cccc(OC[C@H]2CCCN(C(=O)CN3Cc4cc(C)ccc4O[C@H](C)C3)C2)c1. The van der Waals surface area contributed by atoms with E-state index in [0.717, 1.165) is 61.8 Å². The third-order valence-electron chi connectivity index (χ3n) is 6.21. The number of aryl methyl sites for hydroxylation is 1. The van der Waals surface area contributed by atoms with E-state index in [0.29, 0.717) is 19.1 Å². The lowest BCUT2D eigenvalue weighted by Gasteiger charge is -2.34. The van der Waals surface area contributed by atoms with Crippen LogP contribution in [-0.4, -0.2) is 61.7 Å². The first-order chi connectivity index (χ1) is 15.5. The molecule has 1 saturated heterocycles. The van der Waals surface area contributed by atoms with E-state index in [1.807, 2.05) is 35.2 Å². The summed E-state index contributed by atoms with van der Waals surface area (Å²) in [7, 11) is 1.65. The summed E-state index contributed by atoms with van der Waals surface area (Å²) in [4.78, 5) is 17.4. The lowest BCUT2D eigenvalue weighted by molar-refractivity contribution is -0.134. The minimum Gasteiger partial charge on any atom is -0.497 e. The summed E-state index contributed by atoms with van der Waals surface area (Å²) in [6, 6.07) is 14.0. The van der Waals surface area contributed by atoms with Gasteiger partial charge in [-0.1, -0.05) is 23.8 Å². The minimum absolute atomic E-state index is 0.0529. The molecule has 0 aromatic heterocycles. The maximum atomic E-state index is 13.2. The Hall–Kier alpha value is -2.73. The number of benzene rings is 2. The zero-order valence-corrected chi connectivity index (χ0v) is 19.4. The van der Waals surface area contributed by atoms with Crippen LogP contribution in [0.3, 0.4) is 0 Å². The van der Waals surface area contributed by atoms with Gasteiger partial charge in [0.25, 0.3) is 0 Å². The normalized spacial score (nSPS) is 21.3. The van der Waals surface area contributed by atoms with Gasteiger partial charge >= 0.3 is 0 Å². The van der Waals surface area contributed by atoms with Crippen LogP contribution in [0, 0.1) is 12.8 Å². The molecule has 2 aromatic carbocycles. The molecule has 6 heteroatoms. The summed E-state index contributed by atoms with van der Waals surface area (Å²) >= 11 is 0. The molecule has 0 aliphatic carbocycles. The van der Waals surface area contributed by atoms with E-state index in [1.165, 1.54) is 5.56 Å². The summed E-state index contributed by atoms with van der Waals surface area (Å²) in [6.45, 7) is 8.25. The van der Waals surface area contributed by atoms with Crippen molar-refractivity contribution in [3.05, 3.63) is 53.6 Å². The molecule has 0 spiro atoms. The van der Waals surface area contributed by atoms with Crippen molar-refractivity contribution in [1.29, 1.82) is 0 Å². The molecular formula is C26H34N2O4. The van der Waals surface area contributed by atoms with Crippen LogP contribution in [0.15, 0.2) is 42.5 Å². The quantitative estimate of drug-likeness (QED) is 0.685. The van der Waals surface area contributed by atoms with Crippen molar-refractivity contribution in [2.75, 3.05) is 39.9 Å². The highest BCUT2D eigenvalue weighted by molar-refractivity contribution is 5.78. The van der Waals surface area contributed by atoms with Gasteiger partial charge < -0.3 is 19.1 Å². The molecule has 2 aromatic rings. The number of hydrogen-bond acceptors (Lipinski definition) is 5. The van der Waals surface area contributed by atoms with Crippen molar-refractivity contribution >= 4 is 5.91 Å². The molecular weight excluding hydrogens is 404 g/mol. The zero-order chi connectivity index (χ0) is 22.5. The number of carbonyl (C=O) groups excluding carboxylic acids is 1. The average Bonchev–Trinajstić information content (AvgIpc) is 2.95. The smallest absolute Gasteiger partial charge is 0.236 e. The molecule has 2 aliphatic heterocycles. The Morgan fingerprint density at radius 2 is 2.00 bits per heavy atom. The first-order valence-electron chi connectivity index (χ1n) is 11.5. The van der Waals surface area contributed by atoms with Crippen molar-refractivity contribution in [3.63, 3.8) is 0 Å². The molecule has 1 amide bonds. The molecule has 2 aliphatic rings. The fourth-order valence-electron chi connectivity index (χ4n) is 4.61. The van der Waals surface area contributed by atoms with Gasteiger partial charge in [0, 0.05) is 43.7 Å². The molecule has 1 fully saturated rings. The van der Waals surface area contributed by atoms with Crippen LogP contribution in [0.4, 0.5) is 0 Å². The molecule has 172 valence electrons. The van der Waals surface area contributed by atoms with Gasteiger partial charge in [-0.15, -0.1) is 0 Å². The van der Waals surface area contributed by atoms with Crippen molar-refractivity contribution < 1.29 is 19.0 Å². The Morgan fingerprint density at radius 3 is 2.84 bits per heavy atom. The van der Waals surface area contributed by atoms with Crippen LogP contribution in [0.1, 0.15) is 30.9 Å². The number of carbonyl (C=O) groups is 1. The second-order valence-electron chi connectivity index (χ2n) is 9.05. The van der Waals surface area contributed by atoms with E-state index in [2.05, 4.69) is 30.9 Å². The summed E-state index contributed by atoms with van der Waals surface area (Å²) in [5.41, 5.74) is 2.37. The number of likely N-dealkylation sites (tertiary alicyclic amines) is 1. The van der Waals surface area contributed by atoms with Crippen LogP contribution in [0.25, 0.3) is 0 Å². The Morgan fingerprint density at radius 1 is 1.16 bits per heavy atom. The molecule has 0 saturated carbocycles. The van der Waals surface area contributed by atoms with Crippen LogP contribution in [0.5, 0.6) is 17.2 Å². The number of rotatable bonds is 6. The number of hydrogen-bond donors (Lipinski definition) is 0. The predicted octanol–water partition coefficient (Wildman–Crippen LogP) is 3.90. The van der Waals surface area contributed by atoms with Crippen molar-refractivity contribution in [2.24, 2.45) is 5.92 Å². The number of nitrogens with zero attached hydrogens (tertiary/aromatic N) is 2. The van der Waals surface area contributed by atoms with Gasteiger partial charge in [-0.25, -0.2) is 0 Å². The highest BCUT2D eigenvalue weighted by Crippen LogP contribution is 2.27. The molecule has 6 nitrogen and oxygen atoms in total. The van der Waals surface area contributed by atoms with E-state index in [-0.39, 0.29) is 12.0 Å². The number of piperidine rings is 1. The van der Waals surface area contributed by atoms with E-state index in [4.69, 9.17) is 14.2 Å². The van der Waals surface area contributed by atoms with Crippen LogP contribution >= 0.6 is 0 Å². The van der Waals surface area contributed by atoms with Crippen molar-refractivity contribution in [1.82, 2.24) is 9.80 Å². The van der Waals surface area contributed by atoms with Crippen molar-refractivity contribution in [3.8, 4) is 17.2 Å². The molecule has 4 rings (SSSR count). The van der Waals surface area contributed by atoms with Crippen LogP contribution < -0.4 is 14.2 Å². The van der Waals surface area contributed by atoms with Gasteiger partial charge in [0.2, 0.25) is 5.91 Å². The zero-order valence-electron chi connectivity index (χ0n) is 19.4. The number of fused-ring (bicyclic) bond motifs is 1. The van der Waals surface area contributed by atoms with Gasteiger partial charge in [0.05, 0.1) is 20.3 Å². The first kappa shape index (κ1) is 22.5. The maximum Gasteiger partial charge on any atom is 0.236 e. The van der Waals surface area contributed by atoms with Gasteiger partial charge in [-0.2, -0.15) is 0 Å². The van der Waals surface area contributed by atoms with Crippen molar-refractivity contribution in [2.45, 2.75) is 39.3 Å². The Labute approximate surface area is 191 Å². The van der Waals surface area contributed by atoms with E-state index in [1.54, 1.807) is 7.11 Å². The fourth-order valence-corrected chi connectivity index (χ4v) is 4.61. The van der Waals surface area contributed by atoms with Gasteiger partial charge in [-0.05, 0) is 44.9 Å². The average molecular weight is 439 g/mol. The lowest BCUT2D eigenvalue weighted by Crippen LogP contribution is -2.46. The number of ether oxygens (including phenoxy) is 3. The lowest BCUT2D eigenvalue weighted by atomic mass is 9.99. The van der Waals surface area contributed by atoms with E-state index in [9.17, 15) is 4.79 Å². The number of amides is 1. The standard InChI is InChI=1S/C26H34N2O4/c1-19-9-10-25-22(12-19)16-27(14-20(2)32-25)17-26(29)28-11-5-6-21(15-28)18-31-24-8-4-7-23(13-24)30-3/h4,7-10,12-13,20-21H,5-6,11,14-18H2,1-3H3/t20-,21+/m1/s1. The maximum absolute atomic E-state index is 13.2. The Kier molecular flexibility index (Phi) is 7.20. The molecule has 2 heterocycles. The summed E-state index contributed by atoms with van der Waals surface area (Å²) in [5.74, 6) is 3.06. The fraction of sp³-hybridized carbons (Fsp3) is 0.500. The second-order valence-corrected chi connectivity index (χ2v) is 9.05. The Bertz CT molecular complexity index is 932. The summed E-state index contributed by atoms with van der Waals surface area (Å²) in [6.07, 6.45) is 2.14. The van der Waals surface area contributed by atoms with Gasteiger partial charge in [0.1, 0.15) is 23.4 Å². The number of methoxy groups -OCH3 is 1. The Balaban J connectivity index is 1.32. The highest BCUT2D eigenvalue weighted by Gasteiger charge is 2.27. The third-order valence-corrected chi connectivity index (χ3v) is 6.21. The molecule has 2 atom stereocenters.